The van der Waals surface area contributed by atoms with Gasteiger partial charge in [0.05, 0.1) is 33.4 Å². The van der Waals surface area contributed by atoms with E-state index in [-0.39, 0.29) is 5.56 Å². The van der Waals surface area contributed by atoms with Gasteiger partial charge in [-0.25, -0.2) is 15.0 Å². The van der Waals surface area contributed by atoms with Crippen molar-refractivity contribution in [2.75, 3.05) is 0 Å². The summed E-state index contributed by atoms with van der Waals surface area (Å²) in [6, 6.07) is 38.8. The Hall–Kier alpha value is -5.67. The molecule has 39 heavy (non-hydrogen) atoms. The Balaban J connectivity index is 1.50. The van der Waals surface area contributed by atoms with Crippen LogP contribution in [0.15, 0.2) is 120 Å². The van der Waals surface area contributed by atoms with Crippen LogP contribution in [0, 0.1) is 11.3 Å². The molecule has 0 unspecified atom stereocenters. The average Bonchev–Trinajstić information content (AvgIpc) is 3.01. The lowest BCUT2D eigenvalue weighted by molar-refractivity contribution is 1.12. The van der Waals surface area contributed by atoms with Crippen LogP contribution in [0.5, 0.6) is 0 Å². The SMILES string of the molecule is N#Cc1cc2ccccc2n2c(=O)c3cc(-c4cc(-c5ccccc5)nc(-c5ccccc5)n4)ccc3nc12. The third-order valence-electron chi connectivity index (χ3n) is 6.83. The quantitative estimate of drug-likeness (QED) is 0.200. The summed E-state index contributed by atoms with van der Waals surface area (Å²) in [5.74, 6) is 0.602. The van der Waals surface area contributed by atoms with Gasteiger partial charge in [-0.1, -0.05) is 84.9 Å². The first-order valence-electron chi connectivity index (χ1n) is 12.5. The summed E-state index contributed by atoms with van der Waals surface area (Å²) in [4.78, 5) is 28.4. The number of pyridine rings is 1. The fraction of sp³-hybridized carbons (Fsp3) is 0. The summed E-state index contributed by atoms with van der Waals surface area (Å²) in [5, 5.41) is 11.0. The molecule has 4 aromatic carbocycles. The molecule has 0 amide bonds. The molecule has 0 N–H and O–H groups in total. The largest absolute Gasteiger partial charge is 0.268 e. The van der Waals surface area contributed by atoms with E-state index in [1.165, 1.54) is 4.40 Å². The molecule has 3 heterocycles. The van der Waals surface area contributed by atoms with Crippen LogP contribution in [0.25, 0.3) is 61.4 Å². The third-order valence-corrected chi connectivity index (χ3v) is 6.83. The Bertz CT molecular complexity index is 2090. The first-order chi connectivity index (χ1) is 19.2. The fourth-order valence-corrected chi connectivity index (χ4v) is 4.93. The second-order valence-corrected chi connectivity index (χ2v) is 9.23. The molecule has 7 rings (SSSR count). The molecule has 0 aliphatic rings. The fourth-order valence-electron chi connectivity index (χ4n) is 4.93. The van der Waals surface area contributed by atoms with Crippen molar-refractivity contribution in [2.24, 2.45) is 0 Å². The van der Waals surface area contributed by atoms with Crippen LogP contribution in [0.2, 0.25) is 0 Å². The van der Waals surface area contributed by atoms with E-state index in [0.717, 1.165) is 27.8 Å². The van der Waals surface area contributed by atoms with Gasteiger partial charge in [-0.15, -0.1) is 0 Å². The van der Waals surface area contributed by atoms with E-state index in [1.807, 2.05) is 109 Å². The van der Waals surface area contributed by atoms with Crippen molar-refractivity contribution in [2.45, 2.75) is 0 Å². The van der Waals surface area contributed by atoms with Gasteiger partial charge in [0.1, 0.15) is 6.07 Å². The summed E-state index contributed by atoms with van der Waals surface area (Å²) in [5.41, 5.74) is 5.84. The maximum atomic E-state index is 13.9. The van der Waals surface area contributed by atoms with Crippen molar-refractivity contribution in [1.29, 1.82) is 5.26 Å². The van der Waals surface area contributed by atoms with Crippen LogP contribution in [0.4, 0.5) is 0 Å². The zero-order chi connectivity index (χ0) is 26.3. The van der Waals surface area contributed by atoms with Gasteiger partial charge in [0.2, 0.25) is 0 Å². The molecule has 0 spiro atoms. The normalized spacial score (nSPS) is 11.2. The molecule has 0 aliphatic heterocycles. The Kier molecular flexibility index (Phi) is 5.21. The highest BCUT2D eigenvalue weighted by Crippen LogP contribution is 2.29. The van der Waals surface area contributed by atoms with Gasteiger partial charge in [-0.2, -0.15) is 5.26 Å². The molecule has 0 saturated heterocycles. The summed E-state index contributed by atoms with van der Waals surface area (Å²) in [6.07, 6.45) is 0. The minimum Gasteiger partial charge on any atom is -0.268 e. The number of para-hydroxylation sites is 1. The van der Waals surface area contributed by atoms with Crippen molar-refractivity contribution in [3.05, 3.63) is 131 Å². The number of nitrogens with zero attached hydrogens (tertiary/aromatic N) is 5. The van der Waals surface area contributed by atoms with Crippen LogP contribution in [-0.2, 0) is 0 Å². The smallest absolute Gasteiger partial charge is 0.266 e. The molecule has 7 aromatic rings. The van der Waals surface area contributed by atoms with Gasteiger partial charge < -0.3 is 0 Å². The number of rotatable bonds is 3. The van der Waals surface area contributed by atoms with E-state index in [0.29, 0.717) is 39.1 Å². The van der Waals surface area contributed by atoms with Crippen molar-refractivity contribution >= 4 is 27.5 Å². The monoisotopic (exact) mass is 501 g/mol. The lowest BCUT2D eigenvalue weighted by Crippen LogP contribution is -2.17. The lowest BCUT2D eigenvalue weighted by Gasteiger charge is -2.11. The Labute approximate surface area is 223 Å². The molecular formula is C33H19N5O. The minimum atomic E-state index is -0.231. The third kappa shape index (κ3) is 3.81. The highest BCUT2D eigenvalue weighted by molar-refractivity contribution is 5.90. The highest BCUT2D eigenvalue weighted by Gasteiger charge is 2.15. The molecule has 0 atom stereocenters. The van der Waals surface area contributed by atoms with Gasteiger partial charge in [0, 0.05) is 22.1 Å². The van der Waals surface area contributed by atoms with Crippen molar-refractivity contribution in [1.82, 2.24) is 19.4 Å². The summed E-state index contributed by atoms with van der Waals surface area (Å²) < 4.78 is 1.53. The average molecular weight is 502 g/mol. The predicted octanol–water partition coefficient (Wildman–Crippen LogP) is 6.66. The van der Waals surface area contributed by atoms with Gasteiger partial charge in [-0.05, 0) is 30.3 Å². The first-order valence-corrected chi connectivity index (χ1v) is 12.5. The summed E-state index contributed by atoms with van der Waals surface area (Å²) in [6.45, 7) is 0. The number of nitriles is 1. The summed E-state index contributed by atoms with van der Waals surface area (Å²) in [7, 11) is 0. The zero-order valence-electron chi connectivity index (χ0n) is 20.6. The topological polar surface area (TPSA) is 83.9 Å². The molecule has 182 valence electrons. The molecule has 0 fully saturated rings. The standard InChI is InChI=1S/C33H19N5O/c34-20-25-17-24-13-7-8-14-30(24)38-32(25)37-27-16-15-23(18-26(27)33(38)39)29-19-28(21-9-3-1-4-10-21)35-31(36-29)22-11-5-2-6-12-22/h1-19H. The van der Waals surface area contributed by atoms with Crippen molar-refractivity contribution in [3.63, 3.8) is 0 Å². The highest BCUT2D eigenvalue weighted by atomic mass is 16.1. The minimum absolute atomic E-state index is 0.231. The molecule has 0 aliphatic carbocycles. The number of fused-ring (bicyclic) bond motifs is 4. The maximum absolute atomic E-state index is 13.9. The number of benzene rings is 4. The van der Waals surface area contributed by atoms with Crippen molar-refractivity contribution in [3.8, 4) is 40.0 Å². The van der Waals surface area contributed by atoms with E-state index in [2.05, 4.69) is 6.07 Å². The molecule has 3 aromatic heterocycles. The van der Waals surface area contributed by atoms with E-state index in [9.17, 15) is 10.1 Å². The number of hydrogen-bond acceptors (Lipinski definition) is 5. The second-order valence-electron chi connectivity index (χ2n) is 9.23. The Morgan fingerprint density at radius 2 is 1.31 bits per heavy atom. The molecular weight excluding hydrogens is 482 g/mol. The molecule has 6 heteroatoms. The second kappa shape index (κ2) is 9.02. The maximum Gasteiger partial charge on any atom is 0.266 e. The summed E-state index contributed by atoms with van der Waals surface area (Å²) >= 11 is 0. The van der Waals surface area contributed by atoms with Gasteiger partial charge in [0.15, 0.2) is 11.5 Å². The number of hydrogen-bond donors (Lipinski definition) is 0. The van der Waals surface area contributed by atoms with E-state index < -0.39 is 0 Å². The Morgan fingerprint density at radius 3 is 2.05 bits per heavy atom. The van der Waals surface area contributed by atoms with Crippen LogP contribution in [0.3, 0.4) is 0 Å². The molecule has 0 saturated carbocycles. The van der Waals surface area contributed by atoms with Crippen LogP contribution >= 0.6 is 0 Å². The van der Waals surface area contributed by atoms with Crippen LogP contribution in [0.1, 0.15) is 5.56 Å². The van der Waals surface area contributed by atoms with Gasteiger partial charge in [-0.3, -0.25) is 9.20 Å². The first kappa shape index (κ1) is 22.5. The molecule has 0 radical (unpaired) electrons. The lowest BCUT2D eigenvalue weighted by atomic mass is 10.0. The zero-order valence-corrected chi connectivity index (χ0v) is 20.6. The Morgan fingerprint density at radius 1 is 0.641 bits per heavy atom. The molecule has 0 bridgehead atoms. The number of aromatic nitrogens is 4. The van der Waals surface area contributed by atoms with Crippen LogP contribution < -0.4 is 5.56 Å². The predicted molar refractivity (Wildman–Crippen MR) is 153 cm³/mol. The molecule has 6 nitrogen and oxygen atoms in total. The van der Waals surface area contributed by atoms with Gasteiger partial charge in [0.25, 0.3) is 5.56 Å². The van der Waals surface area contributed by atoms with Crippen LogP contribution in [-0.4, -0.2) is 19.4 Å². The van der Waals surface area contributed by atoms with E-state index >= 15 is 0 Å². The van der Waals surface area contributed by atoms with E-state index in [1.54, 1.807) is 6.07 Å². The van der Waals surface area contributed by atoms with E-state index in [4.69, 9.17) is 15.0 Å². The van der Waals surface area contributed by atoms with Gasteiger partial charge >= 0.3 is 0 Å². The van der Waals surface area contributed by atoms with Crippen molar-refractivity contribution < 1.29 is 0 Å².